The number of nitriles is 1. The van der Waals surface area contributed by atoms with Crippen LogP contribution in [0.5, 0.6) is 0 Å². The summed E-state index contributed by atoms with van der Waals surface area (Å²) in [6.07, 6.45) is 8.52. The van der Waals surface area contributed by atoms with Crippen molar-refractivity contribution in [2.45, 2.75) is 32.7 Å². The van der Waals surface area contributed by atoms with E-state index in [2.05, 4.69) is 42.0 Å². The molecule has 146 valence electrons. The lowest BCUT2D eigenvalue weighted by Gasteiger charge is -2.22. The van der Waals surface area contributed by atoms with Crippen LogP contribution >= 0.6 is 0 Å². The third-order valence-electron chi connectivity index (χ3n) is 5.85. The number of rotatable bonds is 4. The van der Waals surface area contributed by atoms with E-state index in [-0.39, 0.29) is 6.04 Å². The van der Waals surface area contributed by atoms with Crippen LogP contribution in [0.2, 0.25) is 0 Å². The molecule has 2 N–H and O–H groups in total. The first-order valence-corrected chi connectivity index (χ1v) is 9.92. The highest BCUT2D eigenvalue weighted by molar-refractivity contribution is 5.98. The topological polar surface area (TPSA) is 64.0 Å². The second-order valence-corrected chi connectivity index (χ2v) is 7.43. The Bertz CT molecular complexity index is 1190. The standard InChI is InChI=1S/C25H25N3O/c1-4-18-9-10-19(13-25(18)29-3)28-15-22(20-6-5-7-23(27)16(20)2)21-12-17(14-26)8-11-24(21)28/h5-9,11-13,15,19H,4,10,27H2,1-3H3. The molecule has 1 atom stereocenters. The van der Waals surface area contributed by atoms with Crippen LogP contribution in [0.15, 0.2) is 66.1 Å². The zero-order chi connectivity index (χ0) is 20.5. The van der Waals surface area contributed by atoms with Crippen molar-refractivity contribution in [2.24, 2.45) is 0 Å². The van der Waals surface area contributed by atoms with Crippen LogP contribution in [-0.2, 0) is 4.74 Å². The maximum absolute atomic E-state index is 9.43. The van der Waals surface area contributed by atoms with Gasteiger partial charge in [0.05, 0.1) is 24.8 Å². The van der Waals surface area contributed by atoms with Crippen LogP contribution in [0.25, 0.3) is 22.0 Å². The van der Waals surface area contributed by atoms with E-state index in [1.807, 2.05) is 37.3 Å². The molecule has 0 fully saturated rings. The Kier molecular flexibility index (Phi) is 4.90. The van der Waals surface area contributed by atoms with Crippen LogP contribution in [0.4, 0.5) is 5.69 Å². The summed E-state index contributed by atoms with van der Waals surface area (Å²) in [6, 6.07) is 14.3. The van der Waals surface area contributed by atoms with Gasteiger partial charge >= 0.3 is 0 Å². The molecule has 4 heteroatoms. The fourth-order valence-electron chi connectivity index (χ4n) is 4.18. The Morgan fingerprint density at radius 1 is 1.24 bits per heavy atom. The summed E-state index contributed by atoms with van der Waals surface area (Å²) >= 11 is 0. The lowest BCUT2D eigenvalue weighted by Crippen LogP contribution is -2.10. The molecule has 29 heavy (non-hydrogen) atoms. The molecule has 2 aromatic carbocycles. The molecule has 1 heterocycles. The van der Waals surface area contributed by atoms with E-state index in [0.717, 1.165) is 51.9 Å². The van der Waals surface area contributed by atoms with Gasteiger partial charge < -0.3 is 15.0 Å². The Hall–Kier alpha value is -3.45. The summed E-state index contributed by atoms with van der Waals surface area (Å²) in [7, 11) is 1.73. The zero-order valence-corrected chi connectivity index (χ0v) is 17.1. The molecule has 0 bridgehead atoms. The van der Waals surface area contributed by atoms with Crippen molar-refractivity contribution in [2.75, 3.05) is 12.8 Å². The minimum absolute atomic E-state index is 0.158. The lowest BCUT2D eigenvalue weighted by molar-refractivity contribution is 0.291. The second-order valence-electron chi connectivity index (χ2n) is 7.43. The molecule has 1 aliphatic rings. The van der Waals surface area contributed by atoms with Crippen LogP contribution in [0.1, 0.15) is 36.9 Å². The van der Waals surface area contributed by atoms with E-state index in [4.69, 9.17) is 10.5 Å². The summed E-state index contributed by atoms with van der Waals surface area (Å²) in [5.41, 5.74) is 13.2. The van der Waals surface area contributed by atoms with Crippen molar-refractivity contribution in [3.63, 3.8) is 0 Å². The molecule has 1 aliphatic carbocycles. The van der Waals surface area contributed by atoms with Crippen molar-refractivity contribution >= 4 is 16.6 Å². The van der Waals surface area contributed by atoms with E-state index in [1.54, 1.807) is 7.11 Å². The predicted molar refractivity (Wildman–Crippen MR) is 118 cm³/mol. The molecular weight excluding hydrogens is 358 g/mol. The van der Waals surface area contributed by atoms with Crippen molar-refractivity contribution in [3.8, 4) is 17.2 Å². The van der Waals surface area contributed by atoms with Gasteiger partial charge in [0.1, 0.15) is 5.76 Å². The first kappa shape index (κ1) is 18.9. The van der Waals surface area contributed by atoms with E-state index >= 15 is 0 Å². The number of ether oxygens (including phenoxy) is 1. The maximum Gasteiger partial charge on any atom is 0.119 e. The molecule has 0 spiro atoms. The quantitative estimate of drug-likeness (QED) is 0.572. The number of hydrogen-bond acceptors (Lipinski definition) is 3. The van der Waals surface area contributed by atoms with Crippen molar-refractivity contribution in [1.82, 2.24) is 4.57 Å². The van der Waals surface area contributed by atoms with Gasteiger partial charge in [-0.05, 0) is 66.8 Å². The number of benzene rings is 2. The van der Waals surface area contributed by atoms with Crippen LogP contribution in [-0.4, -0.2) is 11.7 Å². The fraction of sp³-hybridized carbons (Fsp3) is 0.240. The highest BCUT2D eigenvalue weighted by Gasteiger charge is 2.21. The van der Waals surface area contributed by atoms with Gasteiger partial charge in [-0.1, -0.05) is 25.1 Å². The van der Waals surface area contributed by atoms with E-state index in [1.165, 1.54) is 5.57 Å². The fourth-order valence-corrected chi connectivity index (χ4v) is 4.18. The molecule has 0 saturated carbocycles. The number of fused-ring (bicyclic) bond motifs is 1. The molecule has 0 aliphatic heterocycles. The third kappa shape index (κ3) is 3.19. The van der Waals surface area contributed by atoms with Crippen molar-refractivity contribution in [1.29, 1.82) is 5.26 Å². The van der Waals surface area contributed by atoms with Gasteiger partial charge in [-0.2, -0.15) is 5.26 Å². The summed E-state index contributed by atoms with van der Waals surface area (Å²) in [6.45, 7) is 4.19. The predicted octanol–water partition coefficient (Wildman–Crippen LogP) is 5.88. The van der Waals surface area contributed by atoms with Crippen LogP contribution in [0, 0.1) is 18.3 Å². The Morgan fingerprint density at radius 3 is 2.79 bits per heavy atom. The molecule has 4 nitrogen and oxygen atoms in total. The molecule has 1 unspecified atom stereocenters. The molecular formula is C25H25N3O. The normalized spacial score (nSPS) is 16.3. The lowest BCUT2D eigenvalue weighted by atomic mass is 9.98. The van der Waals surface area contributed by atoms with E-state index < -0.39 is 0 Å². The number of nitrogens with two attached hydrogens (primary N) is 1. The highest BCUT2D eigenvalue weighted by atomic mass is 16.5. The Labute approximate surface area is 171 Å². The highest BCUT2D eigenvalue weighted by Crippen LogP contribution is 2.38. The number of allylic oxidation sites excluding steroid dienone is 3. The minimum atomic E-state index is 0.158. The van der Waals surface area contributed by atoms with Gasteiger partial charge in [-0.25, -0.2) is 0 Å². The number of methoxy groups -OCH3 is 1. The molecule has 0 amide bonds. The monoisotopic (exact) mass is 383 g/mol. The SMILES string of the molecule is CCC1=CCC(n2cc(-c3cccc(N)c3C)c3cc(C#N)ccc32)C=C1OC. The molecule has 4 rings (SSSR count). The minimum Gasteiger partial charge on any atom is -0.497 e. The molecule has 0 saturated heterocycles. The molecule has 3 aromatic rings. The van der Waals surface area contributed by atoms with Crippen LogP contribution in [0.3, 0.4) is 0 Å². The van der Waals surface area contributed by atoms with Gasteiger partial charge in [0.2, 0.25) is 0 Å². The number of nitrogens with zero attached hydrogens (tertiary/aromatic N) is 2. The smallest absolute Gasteiger partial charge is 0.119 e. The first-order valence-electron chi connectivity index (χ1n) is 9.92. The van der Waals surface area contributed by atoms with Crippen molar-refractivity contribution < 1.29 is 4.74 Å². The molecule has 0 radical (unpaired) electrons. The molecule has 1 aromatic heterocycles. The largest absolute Gasteiger partial charge is 0.497 e. The van der Waals surface area contributed by atoms with Gasteiger partial charge in [0.25, 0.3) is 0 Å². The summed E-state index contributed by atoms with van der Waals surface area (Å²) in [5.74, 6) is 0.945. The first-order chi connectivity index (χ1) is 14.1. The second kappa shape index (κ2) is 7.52. The third-order valence-corrected chi connectivity index (χ3v) is 5.85. The Balaban J connectivity index is 1.93. The summed E-state index contributed by atoms with van der Waals surface area (Å²) in [4.78, 5) is 0. The summed E-state index contributed by atoms with van der Waals surface area (Å²) in [5, 5.41) is 10.5. The number of hydrogen-bond donors (Lipinski definition) is 1. The van der Waals surface area contributed by atoms with Crippen molar-refractivity contribution in [3.05, 3.63) is 77.2 Å². The maximum atomic E-state index is 9.43. The average Bonchev–Trinajstić information content (AvgIpc) is 3.13. The van der Waals surface area contributed by atoms with Crippen LogP contribution < -0.4 is 5.73 Å². The van der Waals surface area contributed by atoms with Gasteiger partial charge in [0, 0.05) is 28.4 Å². The van der Waals surface area contributed by atoms with Gasteiger partial charge in [-0.15, -0.1) is 0 Å². The van der Waals surface area contributed by atoms with E-state index in [0.29, 0.717) is 5.56 Å². The number of nitrogen functional groups attached to an aromatic ring is 1. The summed E-state index contributed by atoms with van der Waals surface area (Å²) < 4.78 is 7.93. The van der Waals surface area contributed by atoms with E-state index in [9.17, 15) is 5.26 Å². The van der Waals surface area contributed by atoms with Gasteiger partial charge in [0.15, 0.2) is 0 Å². The zero-order valence-electron chi connectivity index (χ0n) is 17.1. The Morgan fingerprint density at radius 2 is 2.07 bits per heavy atom. The number of anilines is 1. The number of aromatic nitrogens is 1. The average molecular weight is 383 g/mol. The van der Waals surface area contributed by atoms with Gasteiger partial charge in [-0.3, -0.25) is 0 Å².